The molecule has 0 saturated carbocycles. The number of carbonyl (C=O) groups is 1. The van der Waals surface area contributed by atoms with E-state index in [2.05, 4.69) is 0 Å². The normalized spacial score (nSPS) is 19.4. The number of amides is 1. The topological polar surface area (TPSA) is 46.3 Å². The summed E-state index contributed by atoms with van der Waals surface area (Å²) in [5.74, 6) is -0.388. The van der Waals surface area contributed by atoms with Gasteiger partial charge >= 0.3 is 6.18 Å². The lowest BCUT2D eigenvalue weighted by atomic mass is 10.0. The van der Waals surface area contributed by atoms with Gasteiger partial charge in [0.05, 0.1) is 5.56 Å². The zero-order valence-electron chi connectivity index (χ0n) is 10.7. The molecule has 2 rings (SSSR count). The number of piperidine rings is 1. The van der Waals surface area contributed by atoms with Crippen LogP contribution in [0, 0.1) is 0 Å². The lowest BCUT2D eigenvalue weighted by Gasteiger charge is -2.30. The number of alkyl halides is 3. The van der Waals surface area contributed by atoms with Crippen LogP contribution in [0.1, 0.15) is 28.8 Å². The van der Waals surface area contributed by atoms with Gasteiger partial charge in [-0.2, -0.15) is 13.2 Å². The third-order valence-corrected chi connectivity index (χ3v) is 3.18. The minimum Gasteiger partial charge on any atom is -0.337 e. The smallest absolute Gasteiger partial charge is 0.337 e. The third kappa shape index (κ3) is 3.86. The van der Waals surface area contributed by atoms with Crippen LogP contribution >= 0.6 is 12.4 Å². The highest BCUT2D eigenvalue weighted by molar-refractivity contribution is 5.94. The van der Waals surface area contributed by atoms with E-state index in [9.17, 15) is 18.0 Å². The number of hydrogen-bond donors (Lipinski definition) is 1. The predicted octanol–water partition coefficient (Wildman–Crippen LogP) is 2.69. The Morgan fingerprint density at radius 3 is 2.65 bits per heavy atom. The number of nitrogens with two attached hydrogens (primary N) is 1. The van der Waals surface area contributed by atoms with Crippen molar-refractivity contribution in [2.24, 2.45) is 5.73 Å². The first kappa shape index (κ1) is 16.8. The fourth-order valence-electron chi connectivity index (χ4n) is 2.21. The molecule has 0 aromatic heterocycles. The Balaban J connectivity index is 0.00000200. The lowest BCUT2D eigenvalue weighted by molar-refractivity contribution is -0.137. The summed E-state index contributed by atoms with van der Waals surface area (Å²) in [6, 6.07) is 4.40. The van der Waals surface area contributed by atoms with Crippen molar-refractivity contribution in [3.05, 3.63) is 35.4 Å². The van der Waals surface area contributed by atoms with E-state index in [1.807, 2.05) is 0 Å². The molecule has 0 aliphatic carbocycles. The molecule has 2 N–H and O–H groups in total. The third-order valence-electron chi connectivity index (χ3n) is 3.18. The fourth-order valence-corrected chi connectivity index (χ4v) is 2.21. The summed E-state index contributed by atoms with van der Waals surface area (Å²) in [5, 5.41) is 0. The zero-order valence-corrected chi connectivity index (χ0v) is 11.5. The highest BCUT2D eigenvalue weighted by Crippen LogP contribution is 2.29. The lowest BCUT2D eigenvalue weighted by Crippen LogP contribution is -2.45. The SMILES string of the molecule is Cl.N[C@@H]1CCCN(C(=O)c2cccc(C(F)(F)F)c2)C1. The van der Waals surface area contributed by atoms with Crippen LogP contribution in [0.25, 0.3) is 0 Å². The van der Waals surface area contributed by atoms with E-state index < -0.39 is 11.7 Å². The van der Waals surface area contributed by atoms with Crippen LogP contribution in [0.5, 0.6) is 0 Å². The highest BCUT2D eigenvalue weighted by atomic mass is 35.5. The van der Waals surface area contributed by atoms with Crippen LogP contribution in [0.4, 0.5) is 13.2 Å². The largest absolute Gasteiger partial charge is 0.416 e. The van der Waals surface area contributed by atoms with Gasteiger partial charge in [-0.1, -0.05) is 6.07 Å². The van der Waals surface area contributed by atoms with Crippen molar-refractivity contribution in [2.45, 2.75) is 25.1 Å². The Hall–Kier alpha value is -1.27. The van der Waals surface area contributed by atoms with Crippen LogP contribution in [-0.4, -0.2) is 29.9 Å². The second kappa shape index (κ2) is 6.45. The molecule has 3 nitrogen and oxygen atoms in total. The minimum atomic E-state index is -4.44. The molecule has 0 unspecified atom stereocenters. The van der Waals surface area contributed by atoms with E-state index >= 15 is 0 Å². The Morgan fingerprint density at radius 2 is 2.05 bits per heavy atom. The van der Waals surface area contributed by atoms with Crippen LogP contribution in [0.3, 0.4) is 0 Å². The number of hydrogen-bond acceptors (Lipinski definition) is 2. The van der Waals surface area contributed by atoms with Crippen molar-refractivity contribution < 1.29 is 18.0 Å². The number of rotatable bonds is 1. The summed E-state index contributed by atoms with van der Waals surface area (Å²) >= 11 is 0. The summed E-state index contributed by atoms with van der Waals surface area (Å²) in [6.07, 6.45) is -2.81. The highest BCUT2D eigenvalue weighted by Gasteiger charge is 2.31. The molecule has 1 aromatic rings. The second-order valence-corrected chi connectivity index (χ2v) is 4.73. The fraction of sp³-hybridized carbons (Fsp3) is 0.462. The van der Waals surface area contributed by atoms with Crippen molar-refractivity contribution in [1.82, 2.24) is 4.90 Å². The monoisotopic (exact) mass is 308 g/mol. The summed E-state index contributed by atoms with van der Waals surface area (Å²) in [5.41, 5.74) is 5.02. The van der Waals surface area contributed by atoms with E-state index in [1.54, 1.807) is 0 Å². The number of halogens is 4. The van der Waals surface area contributed by atoms with Crippen LogP contribution in [0.2, 0.25) is 0 Å². The molecular formula is C13H16ClF3N2O. The van der Waals surface area contributed by atoms with Crippen molar-refractivity contribution in [3.63, 3.8) is 0 Å². The maximum absolute atomic E-state index is 12.6. The summed E-state index contributed by atoms with van der Waals surface area (Å²) in [7, 11) is 0. The standard InChI is InChI=1S/C13H15F3N2O.ClH/c14-13(15,16)10-4-1-3-9(7-10)12(19)18-6-2-5-11(17)8-18;/h1,3-4,7,11H,2,5-6,8,17H2;1H/t11-;/m1./s1. The van der Waals surface area contributed by atoms with E-state index in [0.29, 0.717) is 13.1 Å². The van der Waals surface area contributed by atoms with Gasteiger partial charge in [-0.3, -0.25) is 4.79 Å². The van der Waals surface area contributed by atoms with Gasteiger partial charge in [0.1, 0.15) is 0 Å². The number of benzene rings is 1. The van der Waals surface area contributed by atoms with Gasteiger partial charge in [0.2, 0.25) is 0 Å². The Bertz CT molecular complexity index is 479. The molecule has 1 aliphatic heterocycles. The van der Waals surface area contributed by atoms with Crippen LogP contribution in [-0.2, 0) is 6.18 Å². The van der Waals surface area contributed by atoms with Crippen LogP contribution in [0.15, 0.2) is 24.3 Å². The maximum atomic E-state index is 12.6. The molecule has 112 valence electrons. The van der Waals surface area contributed by atoms with Gasteiger partial charge in [-0.05, 0) is 31.0 Å². The quantitative estimate of drug-likeness (QED) is 0.867. The summed E-state index contributed by atoms with van der Waals surface area (Å²) in [4.78, 5) is 13.6. The predicted molar refractivity (Wildman–Crippen MR) is 71.8 cm³/mol. The molecule has 0 spiro atoms. The molecule has 1 amide bonds. The van der Waals surface area contributed by atoms with E-state index in [-0.39, 0.29) is 29.9 Å². The summed E-state index contributed by atoms with van der Waals surface area (Å²) < 4.78 is 37.8. The molecule has 0 bridgehead atoms. The Morgan fingerprint density at radius 1 is 1.35 bits per heavy atom. The van der Waals surface area contributed by atoms with E-state index in [0.717, 1.165) is 25.0 Å². The Labute approximate surface area is 121 Å². The molecule has 1 heterocycles. The number of carbonyl (C=O) groups excluding carboxylic acids is 1. The zero-order chi connectivity index (χ0) is 14.0. The van der Waals surface area contributed by atoms with Crippen molar-refractivity contribution in [3.8, 4) is 0 Å². The molecule has 1 aliphatic rings. The first-order valence-corrected chi connectivity index (χ1v) is 6.10. The first-order chi connectivity index (χ1) is 8.88. The van der Waals surface area contributed by atoms with Crippen molar-refractivity contribution in [1.29, 1.82) is 0 Å². The van der Waals surface area contributed by atoms with E-state index in [1.165, 1.54) is 17.0 Å². The van der Waals surface area contributed by atoms with E-state index in [4.69, 9.17) is 5.73 Å². The summed E-state index contributed by atoms with van der Waals surface area (Å²) in [6.45, 7) is 0.942. The molecule has 7 heteroatoms. The van der Waals surface area contributed by atoms with Crippen LogP contribution < -0.4 is 5.73 Å². The molecule has 1 fully saturated rings. The van der Waals surface area contributed by atoms with Gasteiger partial charge in [-0.15, -0.1) is 12.4 Å². The molecule has 1 aromatic carbocycles. The van der Waals surface area contributed by atoms with Crippen molar-refractivity contribution in [2.75, 3.05) is 13.1 Å². The Kier molecular flexibility index (Phi) is 5.42. The van der Waals surface area contributed by atoms with Gasteiger partial charge in [-0.25, -0.2) is 0 Å². The van der Waals surface area contributed by atoms with Gasteiger partial charge < -0.3 is 10.6 Å². The number of nitrogens with zero attached hydrogens (tertiary/aromatic N) is 1. The minimum absolute atomic E-state index is 0. The maximum Gasteiger partial charge on any atom is 0.416 e. The van der Waals surface area contributed by atoms with Gasteiger partial charge in [0, 0.05) is 24.7 Å². The number of likely N-dealkylation sites (tertiary alicyclic amines) is 1. The average Bonchev–Trinajstić information content (AvgIpc) is 2.37. The van der Waals surface area contributed by atoms with Gasteiger partial charge in [0.25, 0.3) is 5.91 Å². The molecule has 0 radical (unpaired) electrons. The molecule has 1 atom stereocenters. The van der Waals surface area contributed by atoms with Crippen molar-refractivity contribution >= 4 is 18.3 Å². The second-order valence-electron chi connectivity index (χ2n) is 4.73. The molecule has 1 saturated heterocycles. The molecule has 20 heavy (non-hydrogen) atoms. The molecular weight excluding hydrogens is 293 g/mol. The van der Waals surface area contributed by atoms with Gasteiger partial charge in [0.15, 0.2) is 0 Å². The average molecular weight is 309 g/mol. The first-order valence-electron chi connectivity index (χ1n) is 6.10.